The number of furan rings is 1. The van der Waals surface area contributed by atoms with Gasteiger partial charge in [-0.2, -0.15) is 0 Å². The van der Waals surface area contributed by atoms with Gasteiger partial charge < -0.3 is 19.0 Å². The Morgan fingerprint density at radius 1 is 1.52 bits per heavy atom. The first-order valence-corrected chi connectivity index (χ1v) is 6.49. The van der Waals surface area contributed by atoms with Gasteiger partial charge in [-0.15, -0.1) is 0 Å². The van der Waals surface area contributed by atoms with E-state index in [0.29, 0.717) is 6.54 Å². The number of methoxy groups -OCH3 is 1. The highest BCUT2D eigenvalue weighted by Gasteiger charge is 2.27. The Labute approximate surface area is 121 Å². The number of nitrogens with zero attached hydrogens (tertiary/aromatic N) is 2. The number of nitrogens with one attached hydrogen (secondary N) is 1. The second-order valence-electron chi connectivity index (χ2n) is 4.63. The molecule has 0 aliphatic rings. The second-order valence-corrected chi connectivity index (χ2v) is 4.63. The van der Waals surface area contributed by atoms with Crippen LogP contribution in [0.2, 0.25) is 0 Å². The summed E-state index contributed by atoms with van der Waals surface area (Å²) >= 11 is 0. The van der Waals surface area contributed by atoms with E-state index in [1.54, 1.807) is 42.3 Å². The van der Waals surface area contributed by atoms with E-state index < -0.39 is 12.0 Å². The van der Waals surface area contributed by atoms with Gasteiger partial charge in [0, 0.05) is 18.9 Å². The Bertz CT molecular complexity index is 577. The van der Waals surface area contributed by atoms with Gasteiger partial charge in [0.1, 0.15) is 0 Å². The number of esters is 1. The molecule has 1 amide bonds. The highest BCUT2D eigenvalue weighted by molar-refractivity contribution is 5.92. The van der Waals surface area contributed by atoms with E-state index in [2.05, 4.69) is 10.3 Å². The quantitative estimate of drug-likeness (QED) is 0.805. The first kappa shape index (κ1) is 14.8. The number of hydrogen-bond donors (Lipinski definition) is 1. The van der Waals surface area contributed by atoms with Crippen LogP contribution >= 0.6 is 0 Å². The number of carbonyl (C=O) groups is 2. The molecule has 0 aromatic carbocycles. The summed E-state index contributed by atoms with van der Waals surface area (Å²) in [6.07, 6.45) is 6.43. The molecule has 2 rings (SSSR count). The molecule has 0 bridgehead atoms. The van der Waals surface area contributed by atoms with Crippen LogP contribution in [0.4, 0.5) is 0 Å². The number of carbonyl (C=O) groups excluding carboxylic acids is 2. The van der Waals surface area contributed by atoms with Crippen molar-refractivity contribution in [2.24, 2.45) is 5.92 Å². The molecule has 2 aromatic rings. The highest BCUT2D eigenvalue weighted by Crippen LogP contribution is 2.10. The minimum absolute atomic E-state index is 0.197. The maximum Gasteiger partial charge on any atom is 0.310 e. The van der Waals surface area contributed by atoms with Crippen molar-refractivity contribution in [3.8, 4) is 0 Å². The number of hydrogen-bond acceptors (Lipinski definition) is 5. The molecule has 2 atom stereocenters. The SMILES string of the molecule is COC(=O)C(C)[C@H](Cn1ccnc1)NC(=O)c1ccco1. The topological polar surface area (TPSA) is 86.4 Å². The van der Waals surface area contributed by atoms with Gasteiger partial charge in [-0.25, -0.2) is 4.98 Å². The van der Waals surface area contributed by atoms with E-state index in [9.17, 15) is 9.59 Å². The van der Waals surface area contributed by atoms with E-state index in [1.807, 2.05) is 0 Å². The first-order chi connectivity index (χ1) is 10.1. The molecule has 112 valence electrons. The zero-order valence-corrected chi connectivity index (χ0v) is 11.9. The first-order valence-electron chi connectivity index (χ1n) is 6.49. The Hall–Kier alpha value is -2.57. The molecule has 21 heavy (non-hydrogen) atoms. The van der Waals surface area contributed by atoms with E-state index in [4.69, 9.17) is 9.15 Å². The number of amides is 1. The van der Waals surface area contributed by atoms with Crippen LogP contribution in [0, 0.1) is 5.92 Å². The van der Waals surface area contributed by atoms with Crippen LogP contribution < -0.4 is 5.32 Å². The summed E-state index contributed by atoms with van der Waals surface area (Å²) < 4.78 is 11.6. The van der Waals surface area contributed by atoms with Gasteiger partial charge in [0.05, 0.1) is 31.7 Å². The summed E-state index contributed by atoms with van der Waals surface area (Å²) in [5, 5.41) is 2.79. The minimum atomic E-state index is -0.503. The average molecular weight is 291 g/mol. The lowest BCUT2D eigenvalue weighted by atomic mass is 10.0. The van der Waals surface area contributed by atoms with Crippen molar-refractivity contribution in [3.05, 3.63) is 42.9 Å². The lowest BCUT2D eigenvalue weighted by Crippen LogP contribution is -2.45. The third-order valence-electron chi connectivity index (χ3n) is 3.20. The van der Waals surface area contributed by atoms with Gasteiger partial charge in [0.25, 0.3) is 5.91 Å². The van der Waals surface area contributed by atoms with Gasteiger partial charge >= 0.3 is 5.97 Å². The molecule has 0 fully saturated rings. The maximum absolute atomic E-state index is 12.1. The zero-order valence-electron chi connectivity index (χ0n) is 11.9. The highest BCUT2D eigenvalue weighted by atomic mass is 16.5. The van der Waals surface area contributed by atoms with Crippen molar-refractivity contribution in [2.45, 2.75) is 19.5 Å². The molecular weight excluding hydrogens is 274 g/mol. The fraction of sp³-hybridized carbons (Fsp3) is 0.357. The third kappa shape index (κ3) is 3.71. The van der Waals surface area contributed by atoms with Crippen LogP contribution in [0.1, 0.15) is 17.5 Å². The smallest absolute Gasteiger partial charge is 0.310 e. The summed E-state index contributed by atoms with van der Waals surface area (Å²) in [6, 6.07) is 2.75. The third-order valence-corrected chi connectivity index (χ3v) is 3.20. The van der Waals surface area contributed by atoms with Crippen molar-refractivity contribution in [1.29, 1.82) is 0 Å². The predicted octanol–water partition coefficient (Wildman–Crippen LogP) is 1.08. The molecule has 0 aliphatic carbocycles. The monoisotopic (exact) mass is 291 g/mol. The molecule has 0 saturated carbocycles. The Kier molecular flexibility index (Phi) is 4.76. The molecular formula is C14H17N3O4. The second kappa shape index (κ2) is 6.74. The van der Waals surface area contributed by atoms with Gasteiger partial charge in [-0.05, 0) is 19.1 Å². The van der Waals surface area contributed by atoms with Gasteiger partial charge in [0.2, 0.25) is 0 Å². The van der Waals surface area contributed by atoms with E-state index in [0.717, 1.165) is 0 Å². The number of ether oxygens (including phenoxy) is 1. The van der Waals surface area contributed by atoms with Crippen LogP contribution in [-0.2, 0) is 16.1 Å². The van der Waals surface area contributed by atoms with Crippen LogP contribution in [0.25, 0.3) is 0 Å². The summed E-state index contributed by atoms with van der Waals surface area (Å²) in [6.45, 7) is 2.11. The number of rotatable bonds is 6. The Morgan fingerprint density at radius 2 is 2.33 bits per heavy atom. The zero-order chi connectivity index (χ0) is 15.2. The molecule has 7 heteroatoms. The Morgan fingerprint density at radius 3 is 2.90 bits per heavy atom. The number of aromatic nitrogens is 2. The average Bonchev–Trinajstić information content (AvgIpc) is 3.17. The van der Waals surface area contributed by atoms with Crippen LogP contribution in [0.15, 0.2) is 41.5 Å². The Balaban J connectivity index is 2.11. The van der Waals surface area contributed by atoms with Gasteiger partial charge in [0.15, 0.2) is 5.76 Å². The summed E-state index contributed by atoms with van der Waals surface area (Å²) in [5.74, 6) is -1.07. The molecule has 0 saturated heterocycles. The largest absolute Gasteiger partial charge is 0.469 e. The lowest BCUT2D eigenvalue weighted by Gasteiger charge is -2.23. The molecule has 0 aliphatic heterocycles. The summed E-state index contributed by atoms with van der Waals surface area (Å²) in [4.78, 5) is 27.8. The molecule has 0 radical (unpaired) electrons. The molecule has 0 spiro atoms. The molecule has 2 heterocycles. The minimum Gasteiger partial charge on any atom is -0.469 e. The van der Waals surface area contributed by atoms with Crippen molar-refractivity contribution >= 4 is 11.9 Å². The van der Waals surface area contributed by atoms with E-state index in [1.165, 1.54) is 13.4 Å². The lowest BCUT2D eigenvalue weighted by molar-refractivity contribution is -0.145. The molecule has 1 unspecified atom stereocenters. The standard InChI is InChI=1S/C14H17N3O4/c1-10(14(19)20-2)11(8-17-6-5-15-9-17)16-13(18)12-4-3-7-21-12/h3-7,9-11H,8H2,1-2H3,(H,16,18)/t10?,11-/m0/s1. The van der Waals surface area contributed by atoms with Gasteiger partial charge in [-0.3, -0.25) is 9.59 Å². The summed E-state index contributed by atoms with van der Waals surface area (Å²) in [5.41, 5.74) is 0. The van der Waals surface area contributed by atoms with Crippen LogP contribution in [0.5, 0.6) is 0 Å². The molecule has 2 aromatic heterocycles. The van der Waals surface area contributed by atoms with E-state index >= 15 is 0 Å². The van der Waals surface area contributed by atoms with Crippen LogP contribution in [-0.4, -0.2) is 34.6 Å². The predicted molar refractivity (Wildman–Crippen MR) is 73.4 cm³/mol. The van der Waals surface area contributed by atoms with Gasteiger partial charge in [-0.1, -0.05) is 0 Å². The maximum atomic E-state index is 12.1. The molecule has 7 nitrogen and oxygen atoms in total. The van der Waals surface area contributed by atoms with Crippen LogP contribution in [0.3, 0.4) is 0 Å². The number of imidazole rings is 1. The normalized spacial score (nSPS) is 13.4. The van der Waals surface area contributed by atoms with Crippen molar-refractivity contribution in [1.82, 2.24) is 14.9 Å². The molecule has 1 N–H and O–H groups in total. The van der Waals surface area contributed by atoms with E-state index in [-0.39, 0.29) is 17.6 Å². The fourth-order valence-corrected chi connectivity index (χ4v) is 1.95. The fourth-order valence-electron chi connectivity index (χ4n) is 1.95. The van der Waals surface area contributed by atoms with Crippen molar-refractivity contribution in [3.63, 3.8) is 0 Å². The summed E-state index contributed by atoms with van der Waals surface area (Å²) in [7, 11) is 1.32. The van der Waals surface area contributed by atoms with Crippen molar-refractivity contribution in [2.75, 3.05) is 7.11 Å². The van der Waals surface area contributed by atoms with Crippen molar-refractivity contribution < 1.29 is 18.7 Å².